The van der Waals surface area contributed by atoms with Gasteiger partial charge in [0.25, 0.3) is 0 Å². The SMILES string of the molecule is CCCC1CCCC(NC2CCCC(C)C2C)CC1. The van der Waals surface area contributed by atoms with E-state index in [0.29, 0.717) is 0 Å². The standard InChI is InChI=1S/C18H35N/c1-4-7-16-9-6-10-17(13-12-16)19-18-11-5-8-14(2)15(18)3/h14-19H,4-13H2,1-3H3. The summed E-state index contributed by atoms with van der Waals surface area (Å²) in [5, 5.41) is 4.04. The van der Waals surface area contributed by atoms with Crippen molar-refractivity contribution in [2.45, 2.75) is 97.1 Å². The second-order valence-corrected chi connectivity index (χ2v) is 7.40. The van der Waals surface area contributed by atoms with Crippen molar-refractivity contribution in [1.82, 2.24) is 5.32 Å². The topological polar surface area (TPSA) is 12.0 Å². The highest BCUT2D eigenvalue weighted by molar-refractivity contribution is 4.86. The summed E-state index contributed by atoms with van der Waals surface area (Å²) in [7, 11) is 0. The number of hydrogen-bond donors (Lipinski definition) is 1. The van der Waals surface area contributed by atoms with E-state index in [-0.39, 0.29) is 0 Å². The molecular weight excluding hydrogens is 230 g/mol. The predicted molar refractivity (Wildman–Crippen MR) is 84.4 cm³/mol. The van der Waals surface area contributed by atoms with Gasteiger partial charge in [-0.1, -0.05) is 59.3 Å². The van der Waals surface area contributed by atoms with Gasteiger partial charge in [0.2, 0.25) is 0 Å². The van der Waals surface area contributed by atoms with Crippen LogP contribution < -0.4 is 5.32 Å². The average molecular weight is 265 g/mol. The Bertz CT molecular complexity index is 250. The zero-order chi connectivity index (χ0) is 13.7. The molecule has 1 heteroatoms. The summed E-state index contributed by atoms with van der Waals surface area (Å²) in [6.45, 7) is 7.26. The smallest absolute Gasteiger partial charge is 0.00978 e. The lowest BCUT2D eigenvalue weighted by Gasteiger charge is -2.37. The van der Waals surface area contributed by atoms with Crippen LogP contribution in [0.3, 0.4) is 0 Å². The van der Waals surface area contributed by atoms with E-state index in [1.807, 2.05) is 0 Å². The lowest BCUT2D eigenvalue weighted by atomic mass is 9.77. The first-order valence-corrected chi connectivity index (χ1v) is 8.96. The van der Waals surface area contributed by atoms with E-state index in [2.05, 4.69) is 26.1 Å². The minimum atomic E-state index is 0.802. The Hall–Kier alpha value is -0.0400. The molecule has 5 atom stereocenters. The van der Waals surface area contributed by atoms with E-state index in [1.54, 1.807) is 0 Å². The van der Waals surface area contributed by atoms with E-state index < -0.39 is 0 Å². The Labute approximate surface area is 120 Å². The maximum atomic E-state index is 4.04. The Balaban J connectivity index is 1.79. The monoisotopic (exact) mass is 265 g/mol. The largest absolute Gasteiger partial charge is 0.311 e. The molecule has 0 aromatic carbocycles. The second-order valence-electron chi connectivity index (χ2n) is 7.40. The Morgan fingerprint density at radius 3 is 2.47 bits per heavy atom. The van der Waals surface area contributed by atoms with Crippen LogP contribution in [0, 0.1) is 17.8 Å². The fraction of sp³-hybridized carbons (Fsp3) is 1.00. The predicted octanol–water partition coefficient (Wildman–Crippen LogP) is 5.15. The molecule has 0 amide bonds. The minimum absolute atomic E-state index is 0.802. The molecule has 2 rings (SSSR count). The van der Waals surface area contributed by atoms with Crippen molar-refractivity contribution < 1.29 is 0 Å². The summed E-state index contributed by atoms with van der Waals surface area (Å²) in [4.78, 5) is 0. The van der Waals surface area contributed by atoms with E-state index >= 15 is 0 Å². The molecule has 0 aliphatic heterocycles. The number of nitrogens with one attached hydrogen (secondary N) is 1. The van der Waals surface area contributed by atoms with Crippen LogP contribution in [-0.2, 0) is 0 Å². The van der Waals surface area contributed by atoms with Crippen LogP contribution in [0.25, 0.3) is 0 Å². The fourth-order valence-corrected chi connectivity index (χ4v) is 4.36. The molecule has 5 unspecified atom stereocenters. The fourth-order valence-electron chi connectivity index (χ4n) is 4.36. The Morgan fingerprint density at radius 2 is 1.68 bits per heavy atom. The van der Waals surface area contributed by atoms with Gasteiger partial charge in [-0.25, -0.2) is 0 Å². The molecule has 2 aliphatic carbocycles. The molecule has 0 heterocycles. The molecule has 0 aromatic heterocycles. The highest BCUT2D eigenvalue weighted by Crippen LogP contribution is 2.32. The van der Waals surface area contributed by atoms with Gasteiger partial charge in [-0.3, -0.25) is 0 Å². The maximum Gasteiger partial charge on any atom is 0.00978 e. The molecule has 1 nitrogen and oxygen atoms in total. The average Bonchev–Trinajstić information content (AvgIpc) is 2.61. The maximum absolute atomic E-state index is 4.04. The van der Waals surface area contributed by atoms with Crippen molar-refractivity contribution in [3.05, 3.63) is 0 Å². The first-order chi connectivity index (χ1) is 9.20. The zero-order valence-corrected chi connectivity index (χ0v) is 13.5. The molecule has 0 aromatic rings. The molecule has 2 fully saturated rings. The van der Waals surface area contributed by atoms with Crippen LogP contribution >= 0.6 is 0 Å². The molecular formula is C18H35N. The van der Waals surface area contributed by atoms with Crippen LogP contribution in [0.2, 0.25) is 0 Å². The van der Waals surface area contributed by atoms with Crippen molar-refractivity contribution in [2.75, 3.05) is 0 Å². The molecule has 112 valence electrons. The first kappa shape index (κ1) is 15.4. The van der Waals surface area contributed by atoms with Crippen molar-refractivity contribution >= 4 is 0 Å². The van der Waals surface area contributed by atoms with Gasteiger partial charge in [0, 0.05) is 12.1 Å². The summed E-state index contributed by atoms with van der Waals surface area (Å²) in [6.07, 6.45) is 14.4. The third kappa shape index (κ3) is 4.48. The summed E-state index contributed by atoms with van der Waals surface area (Å²) in [5.74, 6) is 2.83. The van der Waals surface area contributed by atoms with Gasteiger partial charge in [-0.2, -0.15) is 0 Å². The number of hydrogen-bond acceptors (Lipinski definition) is 1. The zero-order valence-electron chi connectivity index (χ0n) is 13.5. The summed E-state index contributed by atoms with van der Waals surface area (Å²) < 4.78 is 0. The first-order valence-electron chi connectivity index (χ1n) is 8.96. The van der Waals surface area contributed by atoms with E-state index in [9.17, 15) is 0 Å². The number of rotatable bonds is 4. The van der Waals surface area contributed by atoms with Gasteiger partial charge in [0.05, 0.1) is 0 Å². The molecule has 0 bridgehead atoms. The van der Waals surface area contributed by atoms with Gasteiger partial charge in [0.15, 0.2) is 0 Å². The Morgan fingerprint density at radius 1 is 0.895 bits per heavy atom. The van der Waals surface area contributed by atoms with E-state index in [0.717, 1.165) is 29.8 Å². The minimum Gasteiger partial charge on any atom is -0.311 e. The van der Waals surface area contributed by atoms with Gasteiger partial charge < -0.3 is 5.32 Å². The van der Waals surface area contributed by atoms with Crippen LogP contribution in [0.15, 0.2) is 0 Å². The van der Waals surface area contributed by atoms with Crippen molar-refractivity contribution in [1.29, 1.82) is 0 Å². The Kier molecular flexibility index (Phi) is 6.19. The summed E-state index contributed by atoms with van der Waals surface area (Å²) in [6, 6.07) is 1.62. The molecule has 0 saturated heterocycles. The second kappa shape index (κ2) is 7.67. The van der Waals surface area contributed by atoms with Gasteiger partial charge >= 0.3 is 0 Å². The molecule has 2 aliphatic rings. The van der Waals surface area contributed by atoms with Gasteiger partial charge in [0.1, 0.15) is 0 Å². The lowest BCUT2D eigenvalue weighted by Crippen LogP contribution is -2.45. The highest BCUT2D eigenvalue weighted by atomic mass is 15.0. The lowest BCUT2D eigenvalue weighted by molar-refractivity contribution is 0.188. The quantitative estimate of drug-likeness (QED) is 0.693. The van der Waals surface area contributed by atoms with Crippen LogP contribution in [0.4, 0.5) is 0 Å². The molecule has 0 spiro atoms. The third-order valence-corrected chi connectivity index (χ3v) is 5.94. The summed E-state index contributed by atoms with van der Waals surface area (Å²) in [5.41, 5.74) is 0. The van der Waals surface area contributed by atoms with E-state index in [4.69, 9.17) is 0 Å². The van der Waals surface area contributed by atoms with Gasteiger partial charge in [-0.05, 0) is 43.4 Å². The molecule has 2 saturated carbocycles. The summed E-state index contributed by atoms with van der Waals surface area (Å²) >= 11 is 0. The molecule has 0 radical (unpaired) electrons. The van der Waals surface area contributed by atoms with Crippen molar-refractivity contribution in [2.24, 2.45) is 17.8 Å². The third-order valence-electron chi connectivity index (χ3n) is 5.94. The van der Waals surface area contributed by atoms with Crippen LogP contribution in [-0.4, -0.2) is 12.1 Å². The van der Waals surface area contributed by atoms with Crippen LogP contribution in [0.1, 0.15) is 85.0 Å². The molecule has 19 heavy (non-hydrogen) atoms. The van der Waals surface area contributed by atoms with Crippen LogP contribution in [0.5, 0.6) is 0 Å². The van der Waals surface area contributed by atoms with E-state index in [1.165, 1.54) is 64.2 Å². The normalized spacial score (nSPS) is 40.9. The van der Waals surface area contributed by atoms with Crippen molar-refractivity contribution in [3.8, 4) is 0 Å². The molecule has 1 N–H and O–H groups in total. The highest BCUT2D eigenvalue weighted by Gasteiger charge is 2.29. The van der Waals surface area contributed by atoms with Gasteiger partial charge in [-0.15, -0.1) is 0 Å². The van der Waals surface area contributed by atoms with Crippen molar-refractivity contribution in [3.63, 3.8) is 0 Å².